The molecule has 0 nitrogen and oxygen atoms in total. The average Bonchev–Trinajstić information content (AvgIpc) is 2.28. The van der Waals surface area contributed by atoms with Gasteiger partial charge in [-0.25, -0.2) is 17.6 Å². The van der Waals surface area contributed by atoms with Gasteiger partial charge in [-0.2, -0.15) is 0 Å². The Morgan fingerprint density at radius 1 is 0.778 bits per heavy atom. The third-order valence-corrected chi connectivity index (χ3v) is 2.73. The van der Waals surface area contributed by atoms with E-state index in [-0.39, 0.29) is 5.56 Å². The smallest absolute Gasteiger partial charge is 0.167 e. The van der Waals surface area contributed by atoms with Crippen LogP contribution >= 0.6 is 0 Å². The molecule has 4 heteroatoms. The zero-order chi connectivity index (χ0) is 13.4. The number of rotatable bonds is 1. The van der Waals surface area contributed by atoms with Crippen LogP contribution in [0, 0.1) is 37.1 Å². The molecule has 0 fully saturated rings. The first kappa shape index (κ1) is 12.6. The number of aryl methyl sites for hydroxylation is 2. The van der Waals surface area contributed by atoms with E-state index in [0.29, 0.717) is 5.56 Å². The van der Waals surface area contributed by atoms with Gasteiger partial charge in [0, 0.05) is 5.56 Å². The van der Waals surface area contributed by atoms with Crippen LogP contribution < -0.4 is 0 Å². The Balaban J connectivity index is 2.74. The zero-order valence-corrected chi connectivity index (χ0v) is 9.82. The van der Waals surface area contributed by atoms with Crippen molar-refractivity contribution in [1.29, 1.82) is 0 Å². The average molecular weight is 254 g/mol. The molecule has 2 aromatic carbocycles. The van der Waals surface area contributed by atoms with E-state index in [4.69, 9.17) is 0 Å². The van der Waals surface area contributed by atoms with Crippen molar-refractivity contribution in [2.24, 2.45) is 0 Å². The first-order valence-electron chi connectivity index (χ1n) is 5.32. The standard InChI is InChI=1S/C14H10F4/c1-7-5-10(15)12(11(16)6-7)9-4-3-8(2)13(17)14(9)18/h3-6H,1-2H3. The summed E-state index contributed by atoms with van der Waals surface area (Å²) in [5, 5.41) is 0. The molecule has 0 atom stereocenters. The van der Waals surface area contributed by atoms with Crippen LogP contribution in [0.1, 0.15) is 11.1 Å². The van der Waals surface area contributed by atoms with Gasteiger partial charge in [0.05, 0.1) is 5.56 Å². The largest absolute Gasteiger partial charge is 0.206 e. The Hall–Kier alpha value is -1.84. The SMILES string of the molecule is Cc1cc(F)c(-c2ccc(C)c(F)c2F)c(F)c1. The van der Waals surface area contributed by atoms with Crippen molar-refractivity contribution in [2.75, 3.05) is 0 Å². The number of halogens is 4. The molecule has 0 aromatic heterocycles. The van der Waals surface area contributed by atoms with Crippen molar-refractivity contribution in [3.8, 4) is 11.1 Å². The summed E-state index contributed by atoms with van der Waals surface area (Å²) in [6.07, 6.45) is 0. The van der Waals surface area contributed by atoms with Gasteiger partial charge in [-0.15, -0.1) is 0 Å². The van der Waals surface area contributed by atoms with E-state index in [1.807, 2.05) is 0 Å². The van der Waals surface area contributed by atoms with Gasteiger partial charge in [0.15, 0.2) is 11.6 Å². The lowest BCUT2D eigenvalue weighted by molar-refractivity contribution is 0.503. The predicted molar refractivity (Wildman–Crippen MR) is 61.2 cm³/mol. The zero-order valence-electron chi connectivity index (χ0n) is 9.82. The molecule has 0 radical (unpaired) electrons. The Labute approximate surface area is 102 Å². The molecule has 0 saturated carbocycles. The molecule has 18 heavy (non-hydrogen) atoms. The van der Waals surface area contributed by atoms with Gasteiger partial charge in [0.2, 0.25) is 0 Å². The summed E-state index contributed by atoms with van der Waals surface area (Å²) in [5.41, 5.74) is -0.490. The summed E-state index contributed by atoms with van der Waals surface area (Å²) >= 11 is 0. The molecule has 0 heterocycles. The molecule has 0 unspecified atom stereocenters. The van der Waals surface area contributed by atoms with Crippen LogP contribution in [0.2, 0.25) is 0 Å². The molecule has 94 valence electrons. The van der Waals surface area contributed by atoms with Gasteiger partial charge >= 0.3 is 0 Å². The third-order valence-electron chi connectivity index (χ3n) is 2.73. The summed E-state index contributed by atoms with van der Waals surface area (Å²) in [5.74, 6) is -4.15. The minimum Gasteiger partial charge on any atom is -0.206 e. The van der Waals surface area contributed by atoms with Crippen LogP contribution in [-0.2, 0) is 0 Å². The van der Waals surface area contributed by atoms with E-state index < -0.39 is 34.4 Å². The highest BCUT2D eigenvalue weighted by molar-refractivity contribution is 5.66. The van der Waals surface area contributed by atoms with Crippen LogP contribution in [0.25, 0.3) is 11.1 Å². The van der Waals surface area contributed by atoms with E-state index in [1.165, 1.54) is 26.0 Å². The molecule has 2 aromatic rings. The molecule has 0 aliphatic rings. The molecule has 0 spiro atoms. The molecule has 0 bridgehead atoms. The Kier molecular flexibility index (Phi) is 3.11. The molecule has 0 aliphatic heterocycles. The van der Waals surface area contributed by atoms with Crippen molar-refractivity contribution >= 4 is 0 Å². The van der Waals surface area contributed by atoms with Gasteiger partial charge in [-0.05, 0) is 37.1 Å². The fourth-order valence-corrected chi connectivity index (χ4v) is 1.80. The first-order valence-corrected chi connectivity index (χ1v) is 5.32. The van der Waals surface area contributed by atoms with Crippen molar-refractivity contribution < 1.29 is 17.6 Å². The van der Waals surface area contributed by atoms with Crippen LogP contribution in [0.3, 0.4) is 0 Å². The Morgan fingerprint density at radius 3 is 1.89 bits per heavy atom. The quantitative estimate of drug-likeness (QED) is 0.656. The second-order valence-corrected chi connectivity index (χ2v) is 4.16. The molecule has 0 saturated heterocycles. The van der Waals surface area contributed by atoms with E-state index in [0.717, 1.165) is 12.1 Å². The highest BCUT2D eigenvalue weighted by Gasteiger charge is 2.19. The van der Waals surface area contributed by atoms with Gasteiger partial charge in [0.1, 0.15) is 11.6 Å². The predicted octanol–water partition coefficient (Wildman–Crippen LogP) is 4.53. The first-order chi connectivity index (χ1) is 8.41. The van der Waals surface area contributed by atoms with E-state index in [2.05, 4.69) is 0 Å². The highest BCUT2D eigenvalue weighted by Crippen LogP contribution is 2.31. The summed E-state index contributed by atoms with van der Waals surface area (Å²) < 4.78 is 54.5. The van der Waals surface area contributed by atoms with Crippen LogP contribution in [0.4, 0.5) is 17.6 Å². The Bertz CT molecular complexity index is 594. The summed E-state index contributed by atoms with van der Waals surface area (Å²) in [6.45, 7) is 2.89. The van der Waals surface area contributed by atoms with E-state index in [1.54, 1.807) is 0 Å². The van der Waals surface area contributed by atoms with Gasteiger partial charge in [0.25, 0.3) is 0 Å². The lowest BCUT2D eigenvalue weighted by Crippen LogP contribution is -1.98. The van der Waals surface area contributed by atoms with Crippen LogP contribution in [0.15, 0.2) is 24.3 Å². The maximum atomic E-state index is 13.7. The summed E-state index contributed by atoms with van der Waals surface area (Å²) in [7, 11) is 0. The molecular formula is C14H10F4. The number of hydrogen-bond donors (Lipinski definition) is 0. The Morgan fingerprint density at radius 2 is 1.33 bits per heavy atom. The second-order valence-electron chi connectivity index (χ2n) is 4.16. The molecule has 2 rings (SSSR count). The van der Waals surface area contributed by atoms with Crippen molar-refractivity contribution in [3.63, 3.8) is 0 Å². The number of benzene rings is 2. The summed E-state index contributed by atoms with van der Waals surface area (Å²) in [4.78, 5) is 0. The lowest BCUT2D eigenvalue weighted by atomic mass is 10.0. The molecule has 0 aliphatic carbocycles. The molecule has 0 N–H and O–H groups in total. The monoisotopic (exact) mass is 254 g/mol. The number of hydrogen-bond acceptors (Lipinski definition) is 0. The maximum Gasteiger partial charge on any atom is 0.167 e. The summed E-state index contributed by atoms with van der Waals surface area (Å²) in [6, 6.07) is 4.61. The minimum absolute atomic E-state index is 0.0872. The minimum atomic E-state index is -1.24. The van der Waals surface area contributed by atoms with Crippen LogP contribution in [-0.4, -0.2) is 0 Å². The van der Waals surface area contributed by atoms with Gasteiger partial charge < -0.3 is 0 Å². The normalized spacial score (nSPS) is 10.8. The fraction of sp³-hybridized carbons (Fsp3) is 0.143. The third kappa shape index (κ3) is 1.98. The second kappa shape index (κ2) is 4.44. The van der Waals surface area contributed by atoms with E-state index >= 15 is 0 Å². The van der Waals surface area contributed by atoms with Gasteiger partial charge in [-0.3, -0.25) is 0 Å². The fourth-order valence-electron chi connectivity index (χ4n) is 1.80. The van der Waals surface area contributed by atoms with Crippen molar-refractivity contribution in [1.82, 2.24) is 0 Å². The highest BCUT2D eigenvalue weighted by atomic mass is 19.2. The topological polar surface area (TPSA) is 0 Å². The van der Waals surface area contributed by atoms with Gasteiger partial charge in [-0.1, -0.05) is 12.1 Å². The van der Waals surface area contributed by atoms with Crippen LogP contribution in [0.5, 0.6) is 0 Å². The maximum absolute atomic E-state index is 13.7. The van der Waals surface area contributed by atoms with Crippen molar-refractivity contribution in [2.45, 2.75) is 13.8 Å². The van der Waals surface area contributed by atoms with E-state index in [9.17, 15) is 17.6 Å². The van der Waals surface area contributed by atoms with Crippen molar-refractivity contribution in [3.05, 3.63) is 58.7 Å². The molecule has 0 amide bonds. The molecular weight excluding hydrogens is 244 g/mol. The lowest BCUT2D eigenvalue weighted by Gasteiger charge is -2.09.